The highest BCUT2D eigenvalue weighted by Crippen LogP contribution is 2.29. The summed E-state index contributed by atoms with van der Waals surface area (Å²) in [6.07, 6.45) is 4.22. The van der Waals surface area contributed by atoms with Crippen molar-refractivity contribution in [3.05, 3.63) is 101 Å². The Morgan fingerprint density at radius 3 is 2.26 bits per heavy atom. The van der Waals surface area contributed by atoms with E-state index < -0.39 is 5.92 Å². The molecule has 0 saturated carbocycles. The van der Waals surface area contributed by atoms with Crippen LogP contribution in [0.1, 0.15) is 52.2 Å². The molecule has 4 rings (SSSR count). The third-order valence-electron chi connectivity index (χ3n) is 6.58. The highest BCUT2D eigenvalue weighted by molar-refractivity contribution is 6.03. The zero-order chi connectivity index (χ0) is 24.6. The second-order valence-corrected chi connectivity index (χ2v) is 9.04. The van der Waals surface area contributed by atoms with Gasteiger partial charge < -0.3 is 9.64 Å². The minimum atomic E-state index is -0.554. The highest BCUT2D eigenvalue weighted by Gasteiger charge is 2.32. The molecule has 180 valence electrons. The summed E-state index contributed by atoms with van der Waals surface area (Å²) in [5, 5.41) is 0. The lowest BCUT2D eigenvalue weighted by molar-refractivity contribution is -0.124. The third-order valence-corrected chi connectivity index (χ3v) is 6.58. The van der Waals surface area contributed by atoms with Crippen molar-refractivity contribution in [1.82, 2.24) is 9.88 Å². The van der Waals surface area contributed by atoms with Gasteiger partial charge in [-0.2, -0.15) is 0 Å². The van der Waals surface area contributed by atoms with Gasteiger partial charge in [0.1, 0.15) is 12.4 Å². The van der Waals surface area contributed by atoms with Crippen LogP contribution < -0.4 is 0 Å². The van der Waals surface area contributed by atoms with Gasteiger partial charge >= 0.3 is 6.09 Å². The van der Waals surface area contributed by atoms with Gasteiger partial charge in [0.2, 0.25) is 0 Å². The number of ketones is 2. The number of hydrogen-bond donors (Lipinski definition) is 0. The van der Waals surface area contributed by atoms with E-state index in [1.54, 1.807) is 29.4 Å². The number of nitrogens with zero attached hydrogens (tertiary/aromatic N) is 2. The molecule has 0 N–H and O–H groups in total. The van der Waals surface area contributed by atoms with Crippen molar-refractivity contribution >= 4 is 17.7 Å². The summed E-state index contributed by atoms with van der Waals surface area (Å²) >= 11 is 0. The summed E-state index contributed by atoms with van der Waals surface area (Å²) in [7, 11) is 0. The maximum Gasteiger partial charge on any atom is 0.410 e. The fraction of sp³-hybridized carbons (Fsp3) is 0.310. The van der Waals surface area contributed by atoms with E-state index in [-0.39, 0.29) is 36.6 Å². The van der Waals surface area contributed by atoms with E-state index in [1.807, 2.05) is 61.5 Å². The van der Waals surface area contributed by atoms with Crippen molar-refractivity contribution in [3.63, 3.8) is 0 Å². The minimum Gasteiger partial charge on any atom is -0.445 e. The Kier molecular flexibility index (Phi) is 8.03. The first-order chi connectivity index (χ1) is 17.0. The second-order valence-electron chi connectivity index (χ2n) is 9.04. The standard InChI is InChI=1S/C29H30N2O4/c1-21-7-9-25(10-8-21)28(33)26(23-11-15-30-16-12-23)19-27(32)24-13-17-31(18-14-24)29(34)35-20-22-5-3-2-4-6-22/h2-12,15-16,24,26H,13-14,17-20H2,1H3. The summed E-state index contributed by atoms with van der Waals surface area (Å²) in [5.41, 5.74) is 3.40. The second kappa shape index (κ2) is 11.6. The van der Waals surface area contributed by atoms with Crippen LogP contribution in [0.5, 0.6) is 0 Å². The van der Waals surface area contributed by atoms with E-state index >= 15 is 0 Å². The number of pyridine rings is 1. The first-order valence-electron chi connectivity index (χ1n) is 12.0. The molecule has 6 nitrogen and oxygen atoms in total. The Labute approximate surface area is 205 Å². The van der Waals surface area contributed by atoms with E-state index in [9.17, 15) is 14.4 Å². The Morgan fingerprint density at radius 1 is 0.943 bits per heavy atom. The number of carbonyl (C=O) groups excluding carboxylic acids is 3. The lowest BCUT2D eigenvalue weighted by Crippen LogP contribution is -2.40. The van der Waals surface area contributed by atoms with Crippen molar-refractivity contribution in [1.29, 1.82) is 0 Å². The molecule has 1 aromatic heterocycles. The molecule has 0 aliphatic carbocycles. The van der Waals surface area contributed by atoms with E-state index in [1.165, 1.54) is 0 Å². The van der Waals surface area contributed by atoms with Crippen molar-refractivity contribution < 1.29 is 19.1 Å². The lowest BCUT2D eigenvalue weighted by atomic mass is 9.82. The SMILES string of the molecule is Cc1ccc(C(=O)C(CC(=O)C2CCN(C(=O)OCc3ccccc3)CC2)c2ccncc2)cc1. The quantitative estimate of drug-likeness (QED) is 0.414. The van der Waals surface area contributed by atoms with Gasteiger partial charge in [-0.3, -0.25) is 14.6 Å². The number of likely N-dealkylation sites (tertiary alicyclic amines) is 1. The molecule has 0 radical (unpaired) electrons. The van der Waals surface area contributed by atoms with Crippen molar-refractivity contribution in [2.24, 2.45) is 5.92 Å². The van der Waals surface area contributed by atoms with Crippen LogP contribution >= 0.6 is 0 Å². The van der Waals surface area contributed by atoms with Crippen LogP contribution in [0.3, 0.4) is 0 Å². The predicted molar refractivity (Wildman–Crippen MR) is 133 cm³/mol. The predicted octanol–water partition coefficient (Wildman–Crippen LogP) is 5.36. The average molecular weight is 471 g/mol. The van der Waals surface area contributed by atoms with Crippen LogP contribution in [0.25, 0.3) is 0 Å². The van der Waals surface area contributed by atoms with Gasteiger partial charge in [-0.15, -0.1) is 0 Å². The van der Waals surface area contributed by atoms with E-state index in [0.717, 1.165) is 16.7 Å². The Morgan fingerprint density at radius 2 is 1.60 bits per heavy atom. The first kappa shape index (κ1) is 24.3. The van der Waals surface area contributed by atoms with Gasteiger partial charge in [-0.05, 0) is 43.0 Å². The van der Waals surface area contributed by atoms with Crippen LogP contribution in [0, 0.1) is 12.8 Å². The van der Waals surface area contributed by atoms with Crippen LogP contribution in [-0.2, 0) is 16.1 Å². The number of aromatic nitrogens is 1. The molecule has 2 heterocycles. The van der Waals surface area contributed by atoms with Gasteiger partial charge in [-0.25, -0.2) is 4.79 Å². The normalized spacial score (nSPS) is 14.8. The van der Waals surface area contributed by atoms with Gasteiger partial charge in [0, 0.05) is 43.4 Å². The maximum absolute atomic E-state index is 13.4. The lowest BCUT2D eigenvalue weighted by Gasteiger charge is -2.31. The number of hydrogen-bond acceptors (Lipinski definition) is 5. The van der Waals surface area contributed by atoms with Gasteiger partial charge in [0.25, 0.3) is 0 Å². The molecular formula is C29H30N2O4. The number of rotatable bonds is 8. The number of carbonyl (C=O) groups is 3. The Hall–Kier alpha value is -3.80. The zero-order valence-electron chi connectivity index (χ0n) is 19.9. The number of Topliss-reactive ketones (excluding diaryl/α,β-unsaturated/α-hetero) is 2. The Bertz CT molecular complexity index is 1140. The van der Waals surface area contributed by atoms with E-state index in [2.05, 4.69) is 4.98 Å². The number of aryl methyl sites for hydroxylation is 1. The number of ether oxygens (including phenoxy) is 1. The van der Waals surface area contributed by atoms with Crippen molar-refractivity contribution in [2.75, 3.05) is 13.1 Å². The third kappa shape index (κ3) is 6.41. The summed E-state index contributed by atoms with van der Waals surface area (Å²) in [4.78, 5) is 44.8. The largest absolute Gasteiger partial charge is 0.445 e. The molecule has 6 heteroatoms. The number of amides is 1. The highest BCUT2D eigenvalue weighted by atomic mass is 16.6. The van der Waals surface area contributed by atoms with Crippen LogP contribution in [0.4, 0.5) is 4.79 Å². The molecule has 1 fully saturated rings. The molecule has 0 bridgehead atoms. The summed E-state index contributed by atoms with van der Waals surface area (Å²) in [6.45, 7) is 3.14. The van der Waals surface area contributed by atoms with E-state index in [4.69, 9.17) is 4.74 Å². The van der Waals surface area contributed by atoms with Crippen molar-refractivity contribution in [3.8, 4) is 0 Å². The summed E-state index contributed by atoms with van der Waals surface area (Å²) < 4.78 is 5.43. The van der Waals surface area contributed by atoms with Gasteiger partial charge in [0.15, 0.2) is 5.78 Å². The van der Waals surface area contributed by atoms with Crippen LogP contribution in [0.15, 0.2) is 79.1 Å². The zero-order valence-corrected chi connectivity index (χ0v) is 19.9. The molecule has 1 aliphatic heterocycles. The topological polar surface area (TPSA) is 76.6 Å². The molecule has 1 saturated heterocycles. The van der Waals surface area contributed by atoms with Crippen LogP contribution in [-0.4, -0.2) is 40.6 Å². The monoisotopic (exact) mass is 470 g/mol. The van der Waals surface area contributed by atoms with Gasteiger partial charge in [-0.1, -0.05) is 60.2 Å². The minimum absolute atomic E-state index is 0.0598. The number of benzene rings is 2. The van der Waals surface area contributed by atoms with E-state index in [0.29, 0.717) is 31.5 Å². The molecule has 3 aromatic rings. The molecule has 1 amide bonds. The molecular weight excluding hydrogens is 440 g/mol. The maximum atomic E-state index is 13.4. The summed E-state index contributed by atoms with van der Waals surface area (Å²) in [5.74, 6) is -0.735. The smallest absolute Gasteiger partial charge is 0.410 e. The first-order valence-corrected chi connectivity index (χ1v) is 12.0. The molecule has 0 spiro atoms. The molecule has 35 heavy (non-hydrogen) atoms. The van der Waals surface area contributed by atoms with Crippen LogP contribution in [0.2, 0.25) is 0 Å². The summed E-state index contributed by atoms with van der Waals surface area (Å²) in [6, 6.07) is 20.6. The van der Waals surface area contributed by atoms with Gasteiger partial charge in [0.05, 0.1) is 5.92 Å². The average Bonchev–Trinajstić information content (AvgIpc) is 2.91. The molecule has 1 aliphatic rings. The van der Waals surface area contributed by atoms with Crippen molar-refractivity contribution in [2.45, 2.75) is 38.7 Å². The molecule has 1 unspecified atom stereocenters. The fourth-order valence-electron chi connectivity index (χ4n) is 4.44. The molecule has 2 aromatic carbocycles. The number of piperidine rings is 1. The molecule has 1 atom stereocenters. The Balaban J connectivity index is 1.36. The fourth-order valence-corrected chi connectivity index (χ4v) is 4.44.